The van der Waals surface area contributed by atoms with Gasteiger partial charge in [0.1, 0.15) is 0 Å². The van der Waals surface area contributed by atoms with Crippen molar-refractivity contribution in [1.29, 1.82) is 0 Å². The molecule has 0 aliphatic heterocycles. The van der Waals surface area contributed by atoms with E-state index in [0.29, 0.717) is 0 Å². The van der Waals surface area contributed by atoms with Crippen LogP contribution in [-0.4, -0.2) is 28.9 Å². The topological polar surface area (TPSA) is 12.5 Å². The number of nitrogens with zero attached hydrogens (tertiary/aromatic N) is 1. The minimum atomic E-state index is -0.238. The highest BCUT2D eigenvalue weighted by Crippen LogP contribution is 2.02. The molecule has 0 unspecified atom stereocenters. The maximum atomic E-state index is 5.39. The summed E-state index contributed by atoms with van der Waals surface area (Å²) in [6, 6.07) is 1.33. The molecule has 11 heavy (non-hydrogen) atoms. The van der Waals surface area contributed by atoms with Crippen LogP contribution in [0.5, 0.6) is 0 Å². The lowest BCUT2D eigenvalue weighted by atomic mass is 10.2. The molecule has 0 aromatic heterocycles. The molecule has 0 aliphatic carbocycles. The van der Waals surface area contributed by atoms with Crippen LogP contribution in [0.3, 0.4) is 0 Å². The molecule has 0 radical (unpaired) electrons. The number of hydrogen-bond donors (Lipinski definition) is 0. The van der Waals surface area contributed by atoms with Crippen molar-refractivity contribution in [1.82, 2.24) is 5.06 Å². The van der Waals surface area contributed by atoms with Crippen LogP contribution in [0, 0.1) is 0 Å². The summed E-state index contributed by atoms with van der Waals surface area (Å²) in [5.74, 6) is 0. The highest BCUT2D eigenvalue weighted by atomic mass is 28.2. The van der Waals surface area contributed by atoms with Crippen molar-refractivity contribution in [2.24, 2.45) is 0 Å². The third-order valence-electron chi connectivity index (χ3n) is 1.60. The first-order chi connectivity index (χ1) is 5.27. The predicted octanol–water partition coefficient (Wildman–Crippen LogP) is 1.56. The van der Waals surface area contributed by atoms with Crippen molar-refractivity contribution in [2.75, 3.05) is 14.1 Å². The number of unbranched alkanes of at least 4 members (excludes halogenated alkanes) is 3. The zero-order valence-corrected chi connectivity index (χ0v) is 9.51. The normalized spacial score (nSPS) is 12.0. The zero-order valence-electron chi connectivity index (χ0n) is 8.10. The maximum absolute atomic E-state index is 5.39. The molecule has 0 bridgehead atoms. The Kier molecular flexibility index (Phi) is 8.34. The van der Waals surface area contributed by atoms with Gasteiger partial charge in [-0.1, -0.05) is 32.6 Å². The van der Waals surface area contributed by atoms with Crippen molar-refractivity contribution in [3.8, 4) is 0 Å². The summed E-state index contributed by atoms with van der Waals surface area (Å²) < 4.78 is 5.39. The SMILES string of the molecule is CCCCCC[SiH2]ON(C)C. The van der Waals surface area contributed by atoms with Crippen molar-refractivity contribution in [3.05, 3.63) is 0 Å². The molecule has 0 rings (SSSR count). The summed E-state index contributed by atoms with van der Waals surface area (Å²) in [5.41, 5.74) is 0. The summed E-state index contributed by atoms with van der Waals surface area (Å²) >= 11 is 0. The van der Waals surface area contributed by atoms with E-state index in [1.807, 2.05) is 19.2 Å². The first-order valence-electron chi connectivity index (χ1n) is 4.57. The molecule has 0 saturated carbocycles. The van der Waals surface area contributed by atoms with Crippen LogP contribution in [0.4, 0.5) is 0 Å². The van der Waals surface area contributed by atoms with Crippen LogP contribution < -0.4 is 0 Å². The average Bonchev–Trinajstić information content (AvgIpc) is 1.96. The molecule has 0 N–H and O–H groups in total. The maximum Gasteiger partial charge on any atom is 0.190 e. The van der Waals surface area contributed by atoms with Crippen LogP contribution in [-0.2, 0) is 4.53 Å². The second-order valence-electron chi connectivity index (χ2n) is 3.06. The van der Waals surface area contributed by atoms with E-state index in [1.54, 1.807) is 0 Å². The number of rotatable bonds is 7. The summed E-state index contributed by atoms with van der Waals surface area (Å²) in [6.45, 7) is 2.24. The van der Waals surface area contributed by atoms with Crippen molar-refractivity contribution in [2.45, 2.75) is 38.7 Å². The van der Waals surface area contributed by atoms with E-state index in [2.05, 4.69) is 6.92 Å². The van der Waals surface area contributed by atoms with Crippen molar-refractivity contribution < 1.29 is 4.53 Å². The minimum absolute atomic E-state index is 0.238. The van der Waals surface area contributed by atoms with Gasteiger partial charge in [-0.25, -0.2) is 5.06 Å². The third-order valence-corrected chi connectivity index (χ3v) is 3.09. The Balaban J connectivity index is 2.80. The molecule has 0 aliphatic rings. The van der Waals surface area contributed by atoms with Crippen molar-refractivity contribution >= 4 is 9.76 Å². The number of hydrogen-bond acceptors (Lipinski definition) is 2. The Bertz CT molecular complexity index is 78.5. The van der Waals surface area contributed by atoms with E-state index in [9.17, 15) is 0 Å². The minimum Gasteiger partial charge on any atom is -0.351 e. The molecule has 0 saturated heterocycles. The fraction of sp³-hybridized carbons (Fsp3) is 1.00. The summed E-state index contributed by atoms with van der Waals surface area (Å²) in [4.78, 5) is 0. The Morgan fingerprint density at radius 2 is 1.91 bits per heavy atom. The van der Waals surface area contributed by atoms with E-state index in [0.717, 1.165) is 0 Å². The van der Waals surface area contributed by atoms with Gasteiger partial charge in [0, 0.05) is 14.1 Å². The number of hydroxylamine groups is 2. The average molecular weight is 175 g/mol. The largest absolute Gasteiger partial charge is 0.351 e. The molecule has 0 amide bonds. The molecular weight excluding hydrogens is 154 g/mol. The molecule has 68 valence electrons. The van der Waals surface area contributed by atoms with E-state index in [1.165, 1.54) is 31.7 Å². The molecule has 2 nitrogen and oxygen atoms in total. The Morgan fingerprint density at radius 3 is 2.45 bits per heavy atom. The highest BCUT2D eigenvalue weighted by Gasteiger charge is 1.91. The molecule has 0 atom stereocenters. The third kappa shape index (κ3) is 10.1. The van der Waals surface area contributed by atoms with E-state index < -0.39 is 0 Å². The van der Waals surface area contributed by atoms with Gasteiger partial charge in [0.25, 0.3) is 0 Å². The molecule has 0 heterocycles. The van der Waals surface area contributed by atoms with E-state index in [4.69, 9.17) is 4.53 Å². The highest BCUT2D eigenvalue weighted by molar-refractivity contribution is 6.26. The Labute approximate surface area is 72.8 Å². The quantitative estimate of drug-likeness (QED) is 0.331. The van der Waals surface area contributed by atoms with Gasteiger partial charge in [-0.2, -0.15) is 0 Å². The summed E-state index contributed by atoms with van der Waals surface area (Å²) in [5, 5.41) is 1.83. The summed E-state index contributed by atoms with van der Waals surface area (Å²) in [6.07, 6.45) is 5.47. The van der Waals surface area contributed by atoms with Crippen LogP contribution in [0.1, 0.15) is 32.6 Å². The fourth-order valence-electron chi connectivity index (χ4n) is 0.953. The summed E-state index contributed by atoms with van der Waals surface area (Å²) in [7, 11) is 3.68. The van der Waals surface area contributed by atoms with Crippen LogP contribution in [0.15, 0.2) is 0 Å². The zero-order chi connectivity index (χ0) is 8.53. The monoisotopic (exact) mass is 175 g/mol. The first kappa shape index (κ1) is 11.1. The molecule has 0 aromatic rings. The standard InChI is InChI=1S/C8H21NOSi/c1-4-5-6-7-8-11-10-9(2)3/h4-8,11H2,1-3H3. The van der Waals surface area contributed by atoms with Crippen LogP contribution in [0.2, 0.25) is 6.04 Å². The lowest BCUT2D eigenvalue weighted by molar-refractivity contribution is -0.000432. The second kappa shape index (κ2) is 8.24. The molecule has 0 fully saturated rings. The van der Waals surface area contributed by atoms with Crippen LogP contribution >= 0.6 is 0 Å². The van der Waals surface area contributed by atoms with Gasteiger partial charge in [-0.3, -0.25) is 0 Å². The van der Waals surface area contributed by atoms with Gasteiger partial charge < -0.3 is 4.53 Å². The van der Waals surface area contributed by atoms with Gasteiger partial charge in [0.05, 0.1) is 0 Å². The van der Waals surface area contributed by atoms with Gasteiger partial charge in [0.2, 0.25) is 0 Å². The van der Waals surface area contributed by atoms with E-state index >= 15 is 0 Å². The molecular formula is C8H21NOSi. The molecule has 3 heteroatoms. The Hall–Kier alpha value is 0.137. The van der Waals surface area contributed by atoms with Gasteiger partial charge in [0.15, 0.2) is 9.76 Å². The lowest BCUT2D eigenvalue weighted by Crippen LogP contribution is -2.15. The van der Waals surface area contributed by atoms with E-state index in [-0.39, 0.29) is 9.76 Å². The Morgan fingerprint density at radius 1 is 1.18 bits per heavy atom. The second-order valence-corrected chi connectivity index (χ2v) is 4.43. The molecule has 0 spiro atoms. The molecule has 0 aromatic carbocycles. The van der Waals surface area contributed by atoms with Crippen LogP contribution in [0.25, 0.3) is 0 Å². The lowest BCUT2D eigenvalue weighted by Gasteiger charge is -2.09. The fourth-order valence-corrected chi connectivity index (χ4v) is 2.00. The van der Waals surface area contributed by atoms with Gasteiger partial charge in [-0.05, 0) is 6.04 Å². The first-order valence-corrected chi connectivity index (χ1v) is 6.15. The van der Waals surface area contributed by atoms with Crippen molar-refractivity contribution in [3.63, 3.8) is 0 Å². The predicted molar refractivity (Wildman–Crippen MR) is 52.3 cm³/mol. The smallest absolute Gasteiger partial charge is 0.190 e. The van der Waals surface area contributed by atoms with Gasteiger partial charge in [-0.15, -0.1) is 0 Å². The van der Waals surface area contributed by atoms with Gasteiger partial charge >= 0.3 is 0 Å².